The highest BCUT2D eigenvalue weighted by molar-refractivity contribution is 7.13. The Hall–Kier alpha value is -8.74. The molecule has 13 rings (SSSR count). The molecule has 11 atom stereocenters. The first-order valence-corrected chi connectivity index (χ1v) is 36.0. The number of amides is 5. The number of pyridine rings is 1. The van der Waals surface area contributed by atoms with Crippen molar-refractivity contribution in [1.82, 2.24) is 76.5 Å². The first kappa shape index (κ1) is 70.7. The number of rotatable bonds is 10. The molecule has 0 spiro atoms. The number of hydrogen-bond acceptors (Lipinski definition) is 32. The Labute approximate surface area is 594 Å². The van der Waals surface area contributed by atoms with Crippen LogP contribution >= 0.6 is 56.7 Å². The summed E-state index contributed by atoms with van der Waals surface area (Å²) in [5, 5.41) is 81.9. The minimum absolute atomic E-state index is 0.00677. The number of methoxy groups -OCH3 is 1. The Bertz CT molecular complexity index is 4530. The number of nitrogens with zero attached hydrogens (tertiary/aromatic N) is 9. The number of cyclic esters (lactones) is 2. The predicted molar refractivity (Wildman–Crippen MR) is 363 cm³/mol. The maximum absolute atomic E-state index is 15.2. The van der Waals surface area contributed by atoms with Crippen LogP contribution in [0.3, 0.4) is 0 Å². The molecule has 0 radical (unpaired) electrons. The van der Waals surface area contributed by atoms with Gasteiger partial charge in [-0.25, -0.2) is 44.3 Å². The zero-order chi connectivity index (χ0) is 71.3. The minimum Gasteiger partial charge on any atom is -0.506 e. The van der Waals surface area contributed by atoms with Gasteiger partial charge in [-0.1, -0.05) is 12.1 Å². The summed E-state index contributed by atoms with van der Waals surface area (Å²) < 4.78 is 38.5. The molecule has 534 valence electrons. The van der Waals surface area contributed by atoms with Crippen molar-refractivity contribution >= 4 is 109 Å². The molecule has 11 N–H and O–H groups in total. The van der Waals surface area contributed by atoms with Gasteiger partial charge in [-0.05, 0) is 59.5 Å². The number of ether oxygens (including phenoxy) is 6. The highest BCUT2D eigenvalue weighted by Gasteiger charge is 2.50. The average molecular weight is 1480 g/mol. The summed E-state index contributed by atoms with van der Waals surface area (Å²) in [6.07, 6.45) is -8.50. The average Bonchev–Trinajstić information content (AvgIpc) is 1.64. The lowest BCUT2D eigenvalue weighted by Crippen LogP contribution is -2.62. The fourth-order valence-corrected chi connectivity index (χ4v) is 16.8. The largest absolute Gasteiger partial charge is 0.506 e. The SMILES string of the molecule is CO/C(C)=C1/NOC[C@H]([C@@H](C)O)NC(O)c2csc(n2)-c2cc(O)c(-c3nc(CNC(=O)CN4CCNC4=O)cs3)nc2-c2csc(n2)[C@@H]2COC(=O)c3c4c5c(cccc5n3O)COC(=O)[C@@H](O[C@H]3C[C@](C)(O)[C@H](N(C)C)[C@H](C)O3)[C@@H](OC4)[C@H](NC(=O)c3csc1n3)c1nc(cs1)C(=O)N2. The smallest absolute Gasteiger partial charge is 0.358 e. The van der Waals surface area contributed by atoms with Crippen molar-refractivity contribution in [2.75, 3.05) is 54.1 Å². The van der Waals surface area contributed by atoms with Crippen LogP contribution in [0.15, 0.2) is 56.9 Å². The molecule has 1 unspecified atom stereocenters. The summed E-state index contributed by atoms with van der Waals surface area (Å²) >= 11 is 5.12. The summed E-state index contributed by atoms with van der Waals surface area (Å²) in [5.74, 6) is -4.37. The van der Waals surface area contributed by atoms with Crippen molar-refractivity contribution in [2.24, 2.45) is 0 Å². The van der Waals surface area contributed by atoms with Gasteiger partial charge in [0.05, 0.1) is 73.7 Å². The molecule has 101 heavy (non-hydrogen) atoms. The third-order valence-corrected chi connectivity index (χ3v) is 22.0. The molecular weight excluding hydrogens is 1420 g/mol. The molecule has 1 aromatic carbocycles. The second kappa shape index (κ2) is 29.3. The first-order valence-electron chi connectivity index (χ1n) is 31.6. The number of esters is 2. The lowest BCUT2D eigenvalue weighted by molar-refractivity contribution is -0.280. The van der Waals surface area contributed by atoms with Gasteiger partial charge in [-0.3, -0.25) is 30.0 Å². The van der Waals surface area contributed by atoms with E-state index >= 15 is 19.2 Å². The van der Waals surface area contributed by atoms with Crippen LogP contribution < -0.4 is 32.1 Å². The fraction of sp³-hybridized carbons (Fsp3) is 0.429. The summed E-state index contributed by atoms with van der Waals surface area (Å²) in [5.41, 5.74) is 2.11. The van der Waals surface area contributed by atoms with Crippen LogP contribution in [-0.2, 0) is 62.6 Å². The number of aromatic nitrogens is 7. The van der Waals surface area contributed by atoms with Crippen LogP contribution in [0.5, 0.6) is 5.75 Å². The fourth-order valence-electron chi connectivity index (χ4n) is 12.6. The quantitative estimate of drug-likeness (QED) is 0.0522. The second-order valence-corrected chi connectivity index (χ2v) is 29.1. The van der Waals surface area contributed by atoms with Gasteiger partial charge in [0, 0.05) is 62.9 Å². The standard InChI is InChI=1S/C63H69N15O18S5/c1-26(79)33-20-94-75-44(27(2)90-7)57-71-38(25-100-57)54(84)74-47-49-50(96-42-14-63(4,88)51(76(5)6)28(3)95-42)61(86)92-17-29-9-8-10-39-43(29)32(18-91-49)48(78(39)89)60(85)93-19-34(68-53(83)37-24-101-59(47)72-37)56-69-35(22-99-56)45-31(55-70-36(23-98-55)52(82)67-33)13-40(80)46(73-45)58-66-30(21-97-58)15-65-41(81)16-77-12-11-64-62(77)87/h8-10,13,21-26,28,33-34,42,47,49-52,67,75,79-80,82,88-89H,11-12,14-20H2,1-7H3,(H,64,87)(H,65,81)(H,68,83)(H,74,84)/b44-27+/t26-,28+,33-,34+,42+,47+,49+,50+,51-,52?,63+/m1/s1. The molecule has 5 amide bonds. The Balaban J connectivity index is 0.946. The summed E-state index contributed by atoms with van der Waals surface area (Å²) in [7, 11) is 4.97. The Morgan fingerprint density at radius 1 is 0.891 bits per heavy atom. The zero-order valence-corrected chi connectivity index (χ0v) is 59.0. The molecule has 5 aliphatic rings. The topological polar surface area (TPSA) is 429 Å². The van der Waals surface area contributed by atoms with Crippen LogP contribution in [0.25, 0.3) is 49.3 Å². The van der Waals surface area contributed by atoms with Crippen LogP contribution in [-0.4, -0.2) is 208 Å². The van der Waals surface area contributed by atoms with Crippen LogP contribution in [0.4, 0.5) is 4.79 Å². The van der Waals surface area contributed by atoms with E-state index in [2.05, 4.69) is 42.0 Å². The van der Waals surface area contributed by atoms with E-state index in [4.69, 9.17) is 53.2 Å². The number of hydroxylamine groups is 1. The highest BCUT2D eigenvalue weighted by atomic mass is 32.1. The Kier molecular flexibility index (Phi) is 20.5. The third-order valence-electron chi connectivity index (χ3n) is 17.5. The van der Waals surface area contributed by atoms with Crippen LogP contribution in [0.1, 0.15) is 121 Å². The van der Waals surface area contributed by atoms with Crippen molar-refractivity contribution in [3.63, 3.8) is 0 Å². The van der Waals surface area contributed by atoms with E-state index in [-0.39, 0.29) is 131 Å². The van der Waals surface area contributed by atoms with Gasteiger partial charge in [0.25, 0.3) is 11.8 Å². The summed E-state index contributed by atoms with van der Waals surface area (Å²) in [6, 6.07) is 1.36. The van der Waals surface area contributed by atoms with Crippen molar-refractivity contribution in [3.8, 4) is 38.4 Å². The van der Waals surface area contributed by atoms with Gasteiger partial charge >= 0.3 is 18.0 Å². The summed E-state index contributed by atoms with van der Waals surface area (Å²) in [6.45, 7) is 5.05. The Morgan fingerprint density at radius 2 is 1.63 bits per heavy atom. The van der Waals surface area contributed by atoms with Crippen molar-refractivity contribution in [3.05, 3.63) is 112 Å². The first-order chi connectivity index (χ1) is 48.4. The molecule has 0 aliphatic carbocycles. The predicted octanol–water partition coefficient (Wildman–Crippen LogP) is 4.06. The van der Waals surface area contributed by atoms with E-state index < -0.39 is 122 Å². The molecule has 7 aromatic heterocycles. The lowest BCUT2D eigenvalue weighted by Gasteiger charge is -2.48. The monoisotopic (exact) mass is 1480 g/mol. The molecular formula is C63H69N15O18S5. The Morgan fingerprint density at radius 3 is 2.40 bits per heavy atom. The number of nitrogens with one attached hydrogen (secondary N) is 6. The number of hydrogen-bond donors (Lipinski definition) is 11. The van der Waals surface area contributed by atoms with E-state index in [1.807, 2.05) is 0 Å². The molecule has 0 saturated carbocycles. The number of thiazole rings is 5. The maximum Gasteiger partial charge on any atom is 0.358 e. The van der Waals surface area contributed by atoms with Crippen LogP contribution in [0.2, 0.25) is 0 Å². The number of fused-ring (bicyclic) bond motifs is 15. The van der Waals surface area contributed by atoms with E-state index in [0.29, 0.717) is 29.1 Å². The number of aliphatic hydroxyl groups excluding tert-OH is 2. The number of urea groups is 1. The maximum atomic E-state index is 15.2. The minimum atomic E-state index is -1.87. The zero-order valence-electron chi connectivity index (χ0n) is 54.9. The van der Waals surface area contributed by atoms with Gasteiger partial charge in [0.1, 0.15) is 115 Å². The third kappa shape index (κ3) is 14.6. The molecule has 5 aliphatic heterocycles. The van der Waals surface area contributed by atoms with Gasteiger partial charge in [-0.15, -0.1) is 56.7 Å². The molecule has 12 bridgehead atoms. The highest BCUT2D eigenvalue weighted by Crippen LogP contribution is 2.43. The van der Waals surface area contributed by atoms with Gasteiger partial charge in [0.15, 0.2) is 18.1 Å². The number of benzene rings is 1. The molecule has 2 fully saturated rings. The number of carbonyl (C=O) groups excluding carboxylic acids is 6. The van der Waals surface area contributed by atoms with Crippen molar-refractivity contribution in [2.45, 2.75) is 121 Å². The molecule has 2 saturated heterocycles. The number of allylic oxidation sites excluding steroid dienone is 1. The van der Waals surface area contributed by atoms with Gasteiger partial charge in [0.2, 0.25) is 5.91 Å². The van der Waals surface area contributed by atoms with E-state index in [0.717, 1.165) is 56.7 Å². The molecule has 12 heterocycles. The number of likely N-dealkylation sites (N-methyl/N-ethyl adjacent to an activating group) is 1. The molecule has 8 aromatic rings. The molecule has 38 heteroatoms. The number of aromatic hydroxyl groups is 1. The second-order valence-electron chi connectivity index (χ2n) is 24.8. The van der Waals surface area contributed by atoms with Crippen molar-refractivity contribution in [1.29, 1.82) is 0 Å². The van der Waals surface area contributed by atoms with E-state index in [1.165, 1.54) is 41.8 Å². The van der Waals surface area contributed by atoms with E-state index in [1.54, 1.807) is 68.0 Å². The number of carbonyl (C=O) groups is 6. The van der Waals surface area contributed by atoms with Crippen molar-refractivity contribution < 1.29 is 87.7 Å². The summed E-state index contributed by atoms with van der Waals surface area (Å²) in [4.78, 5) is 124. The van der Waals surface area contributed by atoms with Crippen LogP contribution in [0, 0.1) is 0 Å². The van der Waals surface area contributed by atoms with Gasteiger partial charge in [-0.2, -0.15) is 4.73 Å². The number of aliphatic hydroxyl groups is 3. The molecule has 33 nitrogen and oxygen atoms in total. The van der Waals surface area contributed by atoms with E-state index in [9.17, 15) is 35.2 Å². The normalized spacial score (nSPS) is 25.4. The lowest BCUT2D eigenvalue weighted by atomic mass is 9.85. The van der Waals surface area contributed by atoms with Gasteiger partial charge < -0.3 is 85.1 Å².